The smallest absolute Gasteiger partial charge is 0.312 e. The van der Waals surface area contributed by atoms with Crippen molar-refractivity contribution in [1.29, 1.82) is 0 Å². The van der Waals surface area contributed by atoms with Gasteiger partial charge in [-0.2, -0.15) is 0 Å². The molecule has 0 saturated carbocycles. The predicted molar refractivity (Wildman–Crippen MR) is 96.0 cm³/mol. The molecule has 0 radical (unpaired) electrons. The van der Waals surface area contributed by atoms with E-state index in [9.17, 15) is 14.0 Å². The van der Waals surface area contributed by atoms with Crippen LogP contribution in [0, 0.1) is 5.82 Å². The third-order valence-corrected chi connectivity index (χ3v) is 4.53. The van der Waals surface area contributed by atoms with Crippen LogP contribution in [0.2, 0.25) is 0 Å². The lowest BCUT2D eigenvalue weighted by atomic mass is 10.1. The number of halogens is 1. The Kier molecular flexibility index (Phi) is 5.38. The van der Waals surface area contributed by atoms with Gasteiger partial charge in [-0.15, -0.1) is 11.3 Å². The number of nitrogens with two attached hydrogens (primary N) is 1. The average Bonchev–Trinajstić information content (AvgIpc) is 3.09. The van der Waals surface area contributed by atoms with Crippen LogP contribution in [0.25, 0.3) is 10.6 Å². The number of primary amides is 1. The molecule has 0 saturated heterocycles. The van der Waals surface area contributed by atoms with E-state index in [0.29, 0.717) is 21.8 Å². The number of rotatable bonds is 6. The topological polar surface area (TPSA) is 82.3 Å². The highest BCUT2D eigenvalue weighted by molar-refractivity contribution is 7.13. The molecule has 1 aromatic heterocycles. The quantitative estimate of drug-likeness (QED) is 0.675. The van der Waals surface area contributed by atoms with Crippen LogP contribution in [0.3, 0.4) is 0 Å². The summed E-state index contributed by atoms with van der Waals surface area (Å²) in [6.45, 7) is 0.0960. The minimum Gasteiger partial charge on any atom is -0.461 e. The fourth-order valence-electron chi connectivity index (χ4n) is 2.27. The number of esters is 1. The number of amides is 1. The van der Waals surface area contributed by atoms with Crippen molar-refractivity contribution in [1.82, 2.24) is 4.98 Å². The van der Waals surface area contributed by atoms with E-state index in [4.69, 9.17) is 10.5 Å². The van der Waals surface area contributed by atoms with Gasteiger partial charge in [0.2, 0.25) is 5.91 Å². The number of thiazole rings is 1. The van der Waals surface area contributed by atoms with Crippen molar-refractivity contribution in [3.63, 3.8) is 0 Å². The largest absolute Gasteiger partial charge is 0.461 e. The van der Waals surface area contributed by atoms with Crippen molar-refractivity contribution in [2.75, 3.05) is 0 Å². The number of nitrogens with zero attached hydrogens (tertiary/aromatic N) is 1. The van der Waals surface area contributed by atoms with Crippen LogP contribution in [0.4, 0.5) is 4.39 Å². The SMILES string of the molecule is NC(=O)c1ccc(COC(=O)Cc2csc(-c3cccc(F)c3)n2)cc1. The van der Waals surface area contributed by atoms with Gasteiger partial charge >= 0.3 is 5.97 Å². The van der Waals surface area contributed by atoms with E-state index in [2.05, 4.69) is 4.98 Å². The van der Waals surface area contributed by atoms with Gasteiger partial charge in [0.25, 0.3) is 0 Å². The minimum atomic E-state index is -0.508. The number of carbonyl (C=O) groups excluding carboxylic acids is 2. The Labute approximate surface area is 153 Å². The summed E-state index contributed by atoms with van der Waals surface area (Å²) in [5, 5.41) is 2.40. The van der Waals surface area contributed by atoms with Crippen LogP contribution in [-0.2, 0) is 22.6 Å². The lowest BCUT2D eigenvalue weighted by Gasteiger charge is -2.04. The van der Waals surface area contributed by atoms with E-state index in [1.165, 1.54) is 23.5 Å². The van der Waals surface area contributed by atoms with Crippen molar-refractivity contribution in [2.24, 2.45) is 5.73 Å². The summed E-state index contributed by atoms with van der Waals surface area (Å²) >= 11 is 1.34. The van der Waals surface area contributed by atoms with Gasteiger partial charge in [0.15, 0.2) is 0 Å². The van der Waals surface area contributed by atoms with Gasteiger partial charge in [0, 0.05) is 16.5 Å². The first-order valence-corrected chi connectivity index (χ1v) is 8.64. The normalized spacial score (nSPS) is 10.5. The van der Waals surface area contributed by atoms with Gasteiger partial charge in [0.05, 0.1) is 12.1 Å². The first-order chi connectivity index (χ1) is 12.5. The van der Waals surface area contributed by atoms with E-state index < -0.39 is 11.9 Å². The van der Waals surface area contributed by atoms with E-state index in [0.717, 1.165) is 5.56 Å². The van der Waals surface area contributed by atoms with Gasteiger partial charge < -0.3 is 10.5 Å². The number of ether oxygens (including phenoxy) is 1. The van der Waals surface area contributed by atoms with Crippen LogP contribution in [-0.4, -0.2) is 16.9 Å². The molecule has 0 aliphatic carbocycles. The summed E-state index contributed by atoms with van der Waals surface area (Å²) in [4.78, 5) is 27.3. The summed E-state index contributed by atoms with van der Waals surface area (Å²) in [6, 6.07) is 12.7. The Balaban J connectivity index is 1.56. The molecule has 2 aromatic carbocycles. The lowest BCUT2D eigenvalue weighted by molar-refractivity contribution is -0.144. The van der Waals surface area contributed by atoms with E-state index in [1.54, 1.807) is 41.8 Å². The monoisotopic (exact) mass is 370 g/mol. The molecule has 132 valence electrons. The number of carbonyl (C=O) groups is 2. The van der Waals surface area contributed by atoms with Gasteiger partial charge in [-0.1, -0.05) is 24.3 Å². The summed E-state index contributed by atoms with van der Waals surface area (Å²) in [5.41, 5.74) is 7.56. The van der Waals surface area contributed by atoms with Gasteiger partial charge in [-0.3, -0.25) is 9.59 Å². The lowest BCUT2D eigenvalue weighted by Crippen LogP contribution is -2.11. The van der Waals surface area contributed by atoms with Crippen LogP contribution in [0.5, 0.6) is 0 Å². The maximum Gasteiger partial charge on any atom is 0.312 e. The Morgan fingerprint density at radius 2 is 1.92 bits per heavy atom. The number of benzene rings is 2. The molecular weight excluding hydrogens is 355 g/mol. The highest BCUT2D eigenvalue weighted by atomic mass is 32.1. The Morgan fingerprint density at radius 3 is 2.62 bits per heavy atom. The van der Waals surface area contributed by atoms with Crippen molar-refractivity contribution in [2.45, 2.75) is 13.0 Å². The number of aromatic nitrogens is 1. The Morgan fingerprint density at radius 1 is 1.15 bits per heavy atom. The zero-order chi connectivity index (χ0) is 18.5. The molecule has 0 atom stereocenters. The van der Waals surface area contributed by atoms with Gasteiger partial charge in [0.1, 0.15) is 17.4 Å². The third kappa shape index (κ3) is 4.52. The number of hydrogen-bond acceptors (Lipinski definition) is 5. The average molecular weight is 370 g/mol. The van der Waals surface area contributed by atoms with E-state index in [1.807, 2.05) is 0 Å². The summed E-state index contributed by atoms with van der Waals surface area (Å²) in [7, 11) is 0. The molecule has 0 bridgehead atoms. The van der Waals surface area contributed by atoms with Crippen LogP contribution < -0.4 is 5.73 Å². The van der Waals surface area contributed by atoms with Crippen LogP contribution in [0.15, 0.2) is 53.9 Å². The zero-order valence-corrected chi connectivity index (χ0v) is 14.5. The first-order valence-electron chi connectivity index (χ1n) is 7.76. The summed E-state index contributed by atoms with van der Waals surface area (Å²) in [6.07, 6.45) is 0.0329. The molecule has 5 nitrogen and oxygen atoms in total. The molecule has 7 heteroatoms. The second-order valence-electron chi connectivity index (χ2n) is 5.55. The molecule has 1 amide bonds. The van der Waals surface area contributed by atoms with Gasteiger partial charge in [-0.25, -0.2) is 9.37 Å². The molecule has 0 aliphatic rings. The minimum absolute atomic E-state index is 0.0329. The highest BCUT2D eigenvalue weighted by Crippen LogP contribution is 2.24. The fraction of sp³-hybridized carbons (Fsp3) is 0.105. The van der Waals surface area contributed by atoms with Crippen LogP contribution >= 0.6 is 11.3 Å². The second-order valence-corrected chi connectivity index (χ2v) is 6.41. The fourth-order valence-corrected chi connectivity index (χ4v) is 3.09. The standard InChI is InChI=1S/C19H15FN2O3S/c20-15-3-1-2-14(8-15)19-22-16(11-26-19)9-17(23)25-10-12-4-6-13(7-5-12)18(21)24/h1-8,11H,9-10H2,(H2,21,24). The molecule has 2 N–H and O–H groups in total. The predicted octanol–water partition coefficient (Wildman–Crippen LogP) is 3.33. The van der Waals surface area contributed by atoms with Crippen molar-refractivity contribution in [3.05, 3.63) is 76.5 Å². The molecule has 0 unspecified atom stereocenters. The molecule has 0 aliphatic heterocycles. The summed E-state index contributed by atoms with van der Waals surface area (Å²) < 4.78 is 18.5. The Bertz CT molecular complexity index is 938. The molecular formula is C19H15FN2O3S. The molecule has 3 aromatic rings. The maximum atomic E-state index is 13.3. The first kappa shape index (κ1) is 17.8. The second kappa shape index (κ2) is 7.88. The molecule has 1 heterocycles. The van der Waals surface area contributed by atoms with Crippen molar-refractivity contribution < 1.29 is 18.7 Å². The Hall–Kier alpha value is -3.06. The zero-order valence-electron chi connectivity index (χ0n) is 13.6. The van der Waals surface area contributed by atoms with Crippen molar-refractivity contribution in [3.8, 4) is 10.6 Å². The third-order valence-electron chi connectivity index (χ3n) is 3.59. The summed E-state index contributed by atoms with van der Waals surface area (Å²) in [5.74, 6) is -1.26. The van der Waals surface area contributed by atoms with E-state index in [-0.39, 0.29) is 18.8 Å². The number of hydrogen-bond donors (Lipinski definition) is 1. The van der Waals surface area contributed by atoms with Gasteiger partial charge in [-0.05, 0) is 29.8 Å². The van der Waals surface area contributed by atoms with Crippen LogP contribution in [0.1, 0.15) is 21.6 Å². The molecule has 0 fully saturated rings. The highest BCUT2D eigenvalue weighted by Gasteiger charge is 2.11. The van der Waals surface area contributed by atoms with E-state index >= 15 is 0 Å². The maximum absolute atomic E-state index is 13.3. The molecule has 0 spiro atoms. The molecule has 3 rings (SSSR count). The molecule has 26 heavy (non-hydrogen) atoms. The van der Waals surface area contributed by atoms with Crippen molar-refractivity contribution >= 4 is 23.2 Å².